The largest absolute Gasteiger partial charge is 0.456 e. The lowest BCUT2D eigenvalue weighted by Crippen LogP contribution is -1.98. The minimum atomic E-state index is -0.402. The van der Waals surface area contributed by atoms with Gasteiger partial charge in [-0.15, -0.1) is 0 Å². The van der Waals surface area contributed by atoms with Crippen molar-refractivity contribution in [1.82, 2.24) is 0 Å². The Morgan fingerprint density at radius 3 is 1.98 bits per heavy atom. The van der Waals surface area contributed by atoms with E-state index in [2.05, 4.69) is 97.1 Å². The van der Waals surface area contributed by atoms with Crippen LogP contribution in [0.2, 0.25) is 0 Å². The van der Waals surface area contributed by atoms with Crippen LogP contribution in [0.4, 0.5) is 0 Å². The minimum absolute atomic E-state index is 0.177. The summed E-state index contributed by atoms with van der Waals surface area (Å²) in [5.74, 6) is 1.41. The van der Waals surface area contributed by atoms with Crippen LogP contribution in [0.15, 0.2) is 158 Å². The van der Waals surface area contributed by atoms with Crippen molar-refractivity contribution in [3.63, 3.8) is 0 Å². The van der Waals surface area contributed by atoms with E-state index in [9.17, 15) is 0 Å². The van der Waals surface area contributed by atoms with E-state index in [1.54, 1.807) is 6.07 Å². The molecule has 0 unspecified atom stereocenters. The maximum Gasteiger partial charge on any atom is 0.136 e. The molecule has 0 amide bonds. The lowest BCUT2D eigenvalue weighted by Gasteiger charge is -2.23. The zero-order valence-electron chi connectivity index (χ0n) is 29.0. The topological polar surface area (TPSA) is 9.23 Å². The summed E-state index contributed by atoms with van der Waals surface area (Å²) in [6.45, 7) is 0. The number of rotatable bonds is 3. The maximum atomic E-state index is 8.51. The third kappa shape index (κ3) is 3.68. The van der Waals surface area contributed by atoms with Crippen molar-refractivity contribution >= 4 is 43.1 Å². The van der Waals surface area contributed by atoms with E-state index in [1.165, 1.54) is 37.9 Å². The molecule has 0 N–H and O–H groups in total. The molecular formula is C44H26O. The molecule has 0 saturated heterocycles. The number of benzene rings is 9. The first kappa shape index (κ1) is 20.1. The van der Waals surface area contributed by atoms with Crippen molar-refractivity contribution < 1.29 is 11.6 Å². The molecule has 0 radical (unpaired) electrons. The van der Waals surface area contributed by atoms with Crippen molar-refractivity contribution in [2.24, 2.45) is 0 Å². The van der Waals surface area contributed by atoms with Gasteiger partial charge in [-0.25, -0.2) is 0 Å². The van der Waals surface area contributed by atoms with E-state index in [-0.39, 0.29) is 29.7 Å². The summed E-state index contributed by atoms with van der Waals surface area (Å²) >= 11 is 0. The number of hydrogen-bond donors (Lipinski definition) is 0. The maximum absolute atomic E-state index is 8.51. The molecule has 0 aliphatic carbocycles. The summed E-state index contributed by atoms with van der Waals surface area (Å²) in [5.41, 5.74) is 6.99. The van der Waals surface area contributed by atoms with Crippen LogP contribution in [0.25, 0.3) is 87.6 Å². The molecule has 0 fully saturated rings. The van der Waals surface area contributed by atoms with Crippen LogP contribution < -0.4 is 4.74 Å². The lowest BCUT2D eigenvalue weighted by atomic mass is 9.88. The molecule has 1 aliphatic rings. The van der Waals surface area contributed by atoms with Gasteiger partial charge in [-0.05, 0) is 107 Å². The molecule has 1 nitrogen and oxygen atoms in total. The highest BCUT2D eigenvalue weighted by Gasteiger charge is 2.22. The van der Waals surface area contributed by atoms with Crippen LogP contribution in [0.5, 0.6) is 11.5 Å². The number of ether oxygens (including phenoxy) is 1. The van der Waals surface area contributed by atoms with E-state index >= 15 is 0 Å². The van der Waals surface area contributed by atoms with Crippen LogP contribution in [0.3, 0.4) is 0 Å². The number of hydrogen-bond acceptors (Lipinski definition) is 1. The molecule has 9 aromatic rings. The summed E-state index contributed by atoms with van der Waals surface area (Å²) in [7, 11) is 0. The lowest BCUT2D eigenvalue weighted by molar-refractivity contribution is 0.487. The Kier molecular flexibility index (Phi) is 4.15. The summed E-state index contributed by atoms with van der Waals surface area (Å²) in [6.07, 6.45) is 0. The molecule has 0 atom stereocenters. The zero-order chi connectivity index (χ0) is 33.8. The van der Waals surface area contributed by atoms with Crippen LogP contribution in [0.1, 0.15) is 6.85 Å². The quantitative estimate of drug-likeness (QED) is 0.190. The molecule has 0 aromatic heterocycles. The average molecular weight is 576 g/mol. The molecule has 10 rings (SSSR count). The van der Waals surface area contributed by atoms with E-state index in [4.69, 9.17) is 11.6 Å². The van der Waals surface area contributed by atoms with Gasteiger partial charge in [0.1, 0.15) is 11.5 Å². The van der Waals surface area contributed by atoms with Gasteiger partial charge >= 0.3 is 0 Å². The van der Waals surface area contributed by atoms with E-state index < -0.39 is 6.04 Å². The van der Waals surface area contributed by atoms with Gasteiger partial charge in [-0.3, -0.25) is 0 Å². The van der Waals surface area contributed by atoms with Gasteiger partial charge in [-0.1, -0.05) is 127 Å². The number of fused-ring (bicyclic) bond motifs is 2. The van der Waals surface area contributed by atoms with Crippen molar-refractivity contribution in [1.29, 1.82) is 0 Å². The van der Waals surface area contributed by atoms with Crippen molar-refractivity contribution in [3.05, 3.63) is 158 Å². The standard InChI is InChI=1S/C44H26O/c1-2-7-27(8-3-1)32-19-22-40-39(25-32)37-14-6-13-34-24-35(26-41(45-40)43(34)37)31-11-5-12-33(23-31)36-20-17-30-16-15-28-9-4-10-29-18-21-38(36)44(30)42(28)29/h1-26H/i1D,2D,3D,7D,8D. The molecule has 0 spiro atoms. The fraction of sp³-hybridized carbons (Fsp3) is 0. The van der Waals surface area contributed by atoms with Crippen LogP contribution >= 0.6 is 0 Å². The van der Waals surface area contributed by atoms with Gasteiger partial charge in [0, 0.05) is 10.9 Å². The molecule has 45 heavy (non-hydrogen) atoms. The zero-order valence-corrected chi connectivity index (χ0v) is 24.0. The predicted molar refractivity (Wildman–Crippen MR) is 189 cm³/mol. The van der Waals surface area contributed by atoms with Gasteiger partial charge in [-0.2, -0.15) is 0 Å². The first-order chi connectivity index (χ1) is 24.4. The Morgan fingerprint density at radius 1 is 0.378 bits per heavy atom. The Bertz CT molecular complexity index is 2870. The molecule has 1 aliphatic heterocycles. The minimum Gasteiger partial charge on any atom is -0.456 e. The van der Waals surface area contributed by atoms with E-state index in [0.29, 0.717) is 11.3 Å². The fourth-order valence-corrected chi connectivity index (χ4v) is 7.21. The van der Waals surface area contributed by atoms with Crippen molar-refractivity contribution in [3.8, 4) is 56.0 Å². The molecule has 208 valence electrons. The SMILES string of the molecule is [2H]c1c([2H])c([2H])c(-c2ccc3c(c2)-c2cccc4cc(-c5cccc(-c6ccc7ccc8cccc9ccc6c7c89)c5)cc(c24)O3)c([2H])c1[2H]. The van der Waals surface area contributed by atoms with Crippen molar-refractivity contribution in [2.75, 3.05) is 0 Å². The first-order valence-electron chi connectivity index (χ1n) is 17.6. The predicted octanol–water partition coefficient (Wildman–Crippen LogP) is 12.5. The second-order valence-corrected chi connectivity index (χ2v) is 11.7. The van der Waals surface area contributed by atoms with Crippen LogP contribution in [0, 0.1) is 0 Å². The molecule has 0 bridgehead atoms. The summed E-state index contributed by atoms with van der Waals surface area (Å²) < 4.78 is 47.9. The van der Waals surface area contributed by atoms with Crippen molar-refractivity contribution in [2.45, 2.75) is 0 Å². The third-order valence-electron chi connectivity index (χ3n) is 9.25. The normalized spacial score (nSPS) is 13.7. The third-order valence-corrected chi connectivity index (χ3v) is 9.25. The second-order valence-electron chi connectivity index (χ2n) is 11.7. The van der Waals surface area contributed by atoms with Gasteiger partial charge in [0.15, 0.2) is 0 Å². The monoisotopic (exact) mass is 575 g/mol. The average Bonchev–Trinajstić information content (AvgIpc) is 3.15. The highest BCUT2D eigenvalue weighted by Crippen LogP contribution is 2.49. The molecule has 1 heterocycles. The van der Waals surface area contributed by atoms with E-state index in [0.717, 1.165) is 44.3 Å². The summed E-state index contributed by atoms with van der Waals surface area (Å²) in [4.78, 5) is 0. The Labute approximate surface area is 267 Å². The molecule has 9 aromatic carbocycles. The molecule has 1 heteroatoms. The fourth-order valence-electron chi connectivity index (χ4n) is 7.21. The molecule has 0 saturated carbocycles. The van der Waals surface area contributed by atoms with E-state index in [1.807, 2.05) is 24.3 Å². The Hall–Kier alpha value is -5.92. The second kappa shape index (κ2) is 9.29. The van der Waals surface area contributed by atoms with Crippen LogP contribution in [-0.2, 0) is 0 Å². The first-order valence-corrected chi connectivity index (χ1v) is 15.1. The van der Waals surface area contributed by atoms with Gasteiger partial charge in [0.25, 0.3) is 0 Å². The highest BCUT2D eigenvalue weighted by molar-refractivity contribution is 6.25. The van der Waals surface area contributed by atoms with Gasteiger partial charge in [0.05, 0.1) is 6.85 Å². The summed E-state index contributed by atoms with van der Waals surface area (Å²) in [5, 5.41) is 9.60. The van der Waals surface area contributed by atoms with Crippen LogP contribution in [-0.4, -0.2) is 0 Å². The molecular weight excluding hydrogens is 544 g/mol. The summed E-state index contributed by atoms with van der Waals surface area (Å²) in [6, 6.07) is 42.9. The Morgan fingerprint density at radius 2 is 1.09 bits per heavy atom. The smallest absolute Gasteiger partial charge is 0.136 e. The van der Waals surface area contributed by atoms with Gasteiger partial charge in [0.2, 0.25) is 0 Å². The van der Waals surface area contributed by atoms with Gasteiger partial charge < -0.3 is 4.74 Å². The Balaban J connectivity index is 1.10. The highest BCUT2D eigenvalue weighted by atomic mass is 16.5.